The van der Waals surface area contributed by atoms with E-state index in [9.17, 15) is 22.8 Å². The quantitative estimate of drug-likeness (QED) is 0.877. The number of carbonyl (C=O) groups excluding carboxylic acids is 2. The maximum atomic E-state index is 13.0. The zero-order valence-corrected chi connectivity index (χ0v) is 12.3. The highest BCUT2D eigenvalue weighted by atomic mass is 19.4. The SMILES string of the molecule is NC(=O)[C@@H]1CN(C(=O)c2cn3c(n2)CCCC3)C[C@H]1C(F)(F)F. The van der Waals surface area contributed by atoms with Gasteiger partial charge >= 0.3 is 6.18 Å². The van der Waals surface area contributed by atoms with E-state index in [1.807, 2.05) is 4.57 Å². The first-order valence-electron chi connectivity index (χ1n) is 7.48. The van der Waals surface area contributed by atoms with E-state index in [1.165, 1.54) is 0 Å². The lowest BCUT2D eigenvalue weighted by molar-refractivity contribution is -0.182. The first kappa shape index (κ1) is 15.8. The van der Waals surface area contributed by atoms with Crippen LogP contribution in [-0.2, 0) is 17.8 Å². The maximum Gasteiger partial charge on any atom is 0.394 e. The molecule has 2 atom stereocenters. The molecule has 0 bridgehead atoms. The van der Waals surface area contributed by atoms with Gasteiger partial charge in [-0.25, -0.2) is 4.98 Å². The van der Waals surface area contributed by atoms with Crippen molar-refractivity contribution in [3.8, 4) is 0 Å². The Labute approximate surface area is 130 Å². The van der Waals surface area contributed by atoms with E-state index in [0.717, 1.165) is 36.5 Å². The van der Waals surface area contributed by atoms with Crippen LogP contribution in [0.1, 0.15) is 29.2 Å². The lowest BCUT2D eigenvalue weighted by atomic mass is 9.95. The summed E-state index contributed by atoms with van der Waals surface area (Å²) in [5.74, 6) is -4.16. The van der Waals surface area contributed by atoms with Crippen LogP contribution in [0.15, 0.2) is 6.20 Å². The Balaban J connectivity index is 1.80. The summed E-state index contributed by atoms with van der Waals surface area (Å²) in [6.45, 7) is -0.122. The number of fused-ring (bicyclic) bond motifs is 1. The molecule has 2 aliphatic heterocycles. The highest BCUT2D eigenvalue weighted by molar-refractivity contribution is 5.93. The number of alkyl halides is 3. The molecule has 2 aliphatic rings. The lowest BCUT2D eigenvalue weighted by Crippen LogP contribution is -2.37. The minimum atomic E-state index is -4.57. The highest BCUT2D eigenvalue weighted by Gasteiger charge is 2.53. The monoisotopic (exact) mass is 330 g/mol. The number of hydrogen-bond donors (Lipinski definition) is 1. The van der Waals surface area contributed by atoms with Crippen LogP contribution < -0.4 is 5.73 Å². The van der Waals surface area contributed by atoms with Crippen molar-refractivity contribution in [1.29, 1.82) is 0 Å². The number of nitrogens with zero attached hydrogens (tertiary/aromatic N) is 3. The van der Waals surface area contributed by atoms with Gasteiger partial charge in [-0.05, 0) is 12.8 Å². The predicted octanol–water partition coefficient (Wildman–Crippen LogP) is 0.955. The molecule has 3 rings (SSSR count). The van der Waals surface area contributed by atoms with Crippen LogP contribution in [0.4, 0.5) is 13.2 Å². The summed E-state index contributed by atoms with van der Waals surface area (Å²) in [7, 11) is 0. The van der Waals surface area contributed by atoms with Crippen LogP contribution in [-0.4, -0.2) is 45.5 Å². The standard InChI is InChI=1S/C14H17F3N4O2/c15-14(16,17)9-6-21(5-8(9)12(18)22)13(23)10-7-20-4-2-1-3-11(20)19-10/h7-9H,1-6H2,(H2,18,22)/t8-,9-/m1/s1. The molecule has 0 aliphatic carbocycles. The summed E-state index contributed by atoms with van der Waals surface area (Å²) < 4.78 is 41.0. The van der Waals surface area contributed by atoms with Crippen molar-refractivity contribution in [2.45, 2.75) is 32.0 Å². The molecule has 0 unspecified atom stereocenters. The molecule has 0 aromatic carbocycles. The van der Waals surface area contributed by atoms with Crippen LogP contribution in [0.25, 0.3) is 0 Å². The zero-order chi connectivity index (χ0) is 16.8. The number of likely N-dealkylation sites (tertiary alicyclic amines) is 1. The van der Waals surface area contributed by atoms with Gasteiger partial charge in [0.2, 0.25) is 5.91 Å². The number of halogens is 3. The number of rotatable bonds is 2. The predicted molar refractivity (Wildman–Crippen MR) is 73.3 cm³/mol. The molecule has 23 heavy (non-hydrogen) atoms. The molecule has 9 heteroatoms. The molecule has 2 amide bonds. The molecule has 1 saturated heterocycles. The van der Waals surface area contributed by atoms with Gasteiger partial charge in [-0.15, -0.1) is 0 Å². The van der Waals surface area contributed by atoms with Gasteiger partial charge in [-0.1, -0.05) is 0 Å². The molecule has 6 nitrogen and oxygen atoms in total. The summed E-state index contributed by atoms with van der Waals surface area (Å²) in [6.07, 6.45) is -0.267. The van der Waals surface area contributed by atoms with Crippen LogP contribution in [0.5, 0.6) is 0 Å². The maximum absolute atomic E-state index is 13.0. The van der Waals surface area contributed by atoms with Crippen LogP contribution in [0.2, 0.25) is 0 Å². The second kappa shape index (κ2) is 5.54. The Morgan fingerprint density at radius 2 is 2.00 bits per heavy atom. The van der Waals surface area contributed by atoms with Gasteiger partial charge in [-0.2, -0.15) is 13.2 Å². The van der Waals surface area contributed by atoms with E-state index < -0.39 is 36.4 Å². The van der Waals surface area contributed by atoms with E-state index in [-0.39, 0.29) is 12.2 Å². The Morgan fingerprint density at radius 1 is 1.26 bits per heavy atom. The van der Waals surface area contributed by atoms with Gasteiger partial charge in [0.25, 0.3) is 5.91 Å². The molecule has 0 radical (unpaired) electrons. The van der Waals surface area contributed by atoms with Crippen molar-refractivity contribution in [3.05, 3.63) is 17.7 Å². The Morgan fingerprint density at radius 3 is 2.57 bits per heavy atom. The average Bonchev–Trinajstić information content (AvgIpc) is 3.10. The molecule has 2 N–H and O–H groups in total. The Kier molecular flexibility index (Phi) is 3.81. The van der Waals surface area contributed by atoms with Crippen molar-refractivity contribution < 1.29 is 22.8 Å². The molecule has 1 aromatic heterocycles. The van der Waals surface area contributed by atoms with Crippen molar-refractivity contribution in [2.75, 3.05) is 13.1 Å². The van der Waals surface area contributed by atoms with Gasteiger partial charge in [0, 0.05) is 32.3 Å². The third kappa shape index (κ3) is 2.91. The summed E-state index contributed by atoms with van der Waals surface area (Å²) >= 11 is 0. The molecular weight excluding hydrogens is 313 g/mol. The second-order valence-electron chi connectivity index (χ2n) is 6.06. The number of aromatic nitrogens is 2. The smallest absolute Gasteiger partial charge is 0.369 e. The largest absolute Gasteiger partial charge is 0.394 e. The van der Waals surface area contributed by atoms with Crippen molar-refractivity contribution in [2.24, 2.45) is 17.6 Å². The number of carbonyl (C=O) groups is 2. The number of amides is 2. The number of imidazole rings is 1. The normalized spacial score (nSPS) is 24.6. The van der Waals surface area contributed by atoms with Crippen molar-refractivity contribution >= 4 is 11.8 Å². The first-order chi connectivity index (χ1) is 10.8. The van der Waals surface area contributed by atoms with Gasteiger partial charge in [-0.3, -0.25) is 9.59 Å². The summed E-state index contributed by atoms with van der Waals surface area (Å²) in [4.78, 5) is 29.0. The van der Waals surface area contributed by atoms with Crippen LogP contribution in [0.3, 0.4) is 0 Å². The van der Waals surface area contributed by atoms with Crippen LogP contribution in [0, 0.1) is 11.8 Å². The fourth-order valence-corrected chi connectivity index (χ4v) is 3.27. The summed E-state index contributed by atoms with van der Waals surface area (Å²) in [6, 6.07) is 0. The van der Waals surface area contributed by atoms with Crippen LogP contribution >= 0.6 is 0 Å². The number of hydrogen-bond acceptors (Lipinski definition) is 3. The van der Waals surface area contributed by atoms with Gasteiger partial charge in [0.15, 0.2) is 0 Å². The molecule has 1 aromatic rings. The first-order valence-corrected chi connectivity index (χ1v) is 7.48. The van der Waals surface area contributed by atoms with Crippen molar-refractivity contribution in [1.82, 2.24) is 14.5 Å². The topological polar surface area (TPSA) is 81.2 Å². The van der Waals surface area contributed by atoms with Gasteiger partial charge < -0.3 is 15.2 Å². The fraction of sp³-hybridized carbons (Fsp3) is 0.643. The van der Waals surface area contributed by atoms with E-state index >= 15 is 0 Å². The van der Waals surface area contributed by atoms with Gasteiger partial charge in [0.1, 0.15) is 11.5 Å². The van der Waals surface area contributed by atoms with E-state index in [0.29, 0.717) is 0 Å². The molecule has 0 saturated carbocycles. The molecule has 3 heterocycles. The third-order valence-corrected chi connectivity index (χ3v) is 4.52. The Bertz CT molecular complexity index is 617. The second-order valence-corrected chi connectivity index (χ2v) is 6.06. The summed E-state index contributed by atoms with van der Waals surface area (Å²) in [5.41, 5.74) is 5.20. The fourth-order valence-electron chi connectivity index (χ4n) is 3.27. The number of nitrogens with two attached hydrogens (primary N) is 1. The van der Waals surface area contributed by atoms with Crippen molar-refractivity contribution in [3.63, 3.8) is 0 Å². The number of aryl methyl sites for hydroxylation is 2. The molecular formula is C14H17F3N4O2. The van der Waals surface area contributed by atoms with E-state index in [2.05, 4.69) is 4.98 Å². The zero-order valence-electron chi connectivity index (χ0n) is 12.3. The lowest BCUT2D eigenvalue weighted by Gasteiger charge is -2.18. The number of primary amides is 1. The Hall–Kier alpha value is -2.06. The minimum absolute atomic E-state index is 0.132. The third-order valence-electron chi connectivity index (χ3n) is 4.52. The molecule has 126 valence electrons. The summed E-state index contributed by atoms with van der Waals surface area (Å²) in [5, 5.41) is 0. The molecule has 0 spiro atoms. The molecule has 1 fully saturated rings. The minimum Gasteiger partial charge on any atom is -0.369 e. The van der Waals surface area contributed by atoms with E-state index in [4.69, 9.17) is 5.73 Å². The average molecular weight is 330 g/mol. The van der Waals surface area contributed by atoms with Gasteiger partial charge in [0.05, 0.1) is 11.8 Å². The van der Waals surface area contributed by atoms with E-state index in [1.54, 1.807) is 6.20 Å². The highest BCUT2D eigenvalue weighted by Crippen LogP contribution is 2.37.